The SMILES string of the molecule is COC(=O)N[C@@H](C(=O)N1CCC[C@H]1c1ncc(-c2ccc(C#Cc3ccc(-c4cnc([C@@H]5CCCN5C(=O)[C@H](NC(=O)N5CCCCC5)c5ccccc5)[nH]4)cc3)cc2)[nH]1)c1ccccc1. The Kier molecular flexibility index (Phi) is 13.2. The summed E-state index contributed by atoms with van der Waals surface area (Å²) in [6.45, 7) is 2.53. The summed E-state index contributed by atoms with van der Waals surface area (Å²) in [5, 5.41) is 5.78. The van der Waals surface area contributed by atoms with Crippen LogP contribution in [-0.2, 0) is 14.3 Å². The molecule has 2 aromatic heterocycles. The van der Waals surface area contributed by atoms with Gasteiger partial charge in [-0.15, -0.1) is 0 Å². The molecule has 4 aromatic carbocycles. The van der Waals surface area contributed by atoms with Gasteiger partial charge in [-0.1, -0.05) is 96.8 Å². The first-order valence-electron chi connectivity index (χ1n) is 22.8. The van der Waals surface area contributed by atoms with Crippen molar-refractivity contribution in [2.45, 2.75) is 69.1 Å². The number of aromatic nitrogens is 4. The first-order chi connectivity index (χ1) is 32.3. The molecule has 4 N–H and O–H groups in total. The Hall–Kier alpha value is -7.66. The van der Waals surface area contributed by atoms with Gasteiger partial charge in [-0.25, -0.2) is 19.6 Å². The second-order valence-electron chi connectivity index (χ2n) is 17.0. The lowest BCUT2D eigenvalue weighted by molar-refractivity contribution is -0.135. The van der Waals surface area contributed by atoms with Crippen molar-refractivity contribution < 1.29 is 23.9 Å². The van der Waals surface area contributed by atoms with Crippen molar-refractivity contribution in [1.29, 1.82) is 0 Å². The number of rotatable bonds is 10. The maximum absolute atomic E-state index is 14.3. The Morgan fingerprint density at radius 2 is 1.05 bits per heavy atom. The average Bonchev–Trinajstić information content (AvgIpc) is 4.23. The average molecular weight is 884 g/mol. The fourth-order valence-corrected chi connectivity index (χ4v) is 9.23. The molecule has 3 saturated heterocycles. The first kappa shape index (κ1) is 43.6. The number of H-pyrrole nitrogens is 2. The Labute approximate surface area is 384 Å². The molecule has 0 saturated carbocycles. The van der Waals surface area contributed by atoms with Crippen LogP contribution < -0.4 is 10.6 Å². The summed E-state index contributed by atoms with van der Waals surface area (Å²) in [6, 6.07) is 32.2. The Balaban J connectivity index is 0.829. The van der Waals surface area contributed by atoms with E-state index in [1.54, 1.807) is 11.1 Å². The van der Waals surface area contributed by atoms with E-state index >= 15 is 0 Å². The van der Waals surface area contributed by atoms with E-state index in [0.29, 0.717) is 37.6 Å². The summed E-state index contributed by atoms with van der Waals surface area (Å²) in [6.07, 6.45) is 9.15. The van der Waals surface area contributed by atoms with E-state index in [-0.39, 0.29) is 29.9 Å². The van der Waals surface area contributed by atoms with E-state index in [9.17, 15) is 19.2 Å². The van der Waals surface area contributed by atoms with Gasteiger partial charge in [-0.2, -0.15) is 0 Å². The minimum Gasteiger partial charge on any atom is -0.453 e. The second kappa shape index (κ2) is 20.0. The standard InChI is InChI=1S/C52H53N9O5/c1-66-52(65)58-46(40-15-7-3-8-16-40)50(63)61-32-12-18-44(61)48-54-34-42(56-48)38-27-23-36(24-28-38)20-19-35-21-25-37(26-22-35)41-33-53-47(55-41)43-17-11-31-60(43)49(62)45(39-13-5-2-6-14-39)57-51(64)59-29-9-4-10-30-59/h2-3,5-8,13-16,21-28,33-34,43-46H,4,9-12,17-18,29-32H2,1H3,(H,53,55)(H,54,56)(H,57,64)(H,58,65)/t43-,44-,45+,46+/m0/s1. The van der Waals surface area contributed by atoms with Gasteiger partial charge in [0.25, 0.3) is 5.91 Å². The van der Waals surface area contributed by atoms with Crippen molar-refractivity contribution >= 4 is 23.9 Å². The number of methoxy groups -OCH3 is 1. The van der Waals surface area contributed by atoms with Crippen molar-refractivity contribution in [2.75, 3.05) is 33.3 Å². The number of hydrogen-bond donors (Lipinski definition) is 4. The van der Waals surface area contributed by atoms with Crippen LogP contribution in [0, 0.1) is 11.8 Å². The third-order valence-corrected chi connectivity index (χ3v) is 12.8. The number of likely N-dealkylation sites (tertiary alicyclic amines) is 3. The number of nitrogens with zero attached hydrogens (tertiary/aromatic N) is 5. The van der Waals surface area contributed by atoms with Crippen LogP contribution in [0.3, 0.4) is 0 Å². The molecular formula is C52H53N9O5. The maximum Gasteiger partial charge on any atom is 0.407 e. The lowest BCUT2D eigenvalue weighted by Crippen LogP contribution is -2.48. The van der Waals surface area contributed by atoms with Crippen molar-refractivity contribution in [3.8, 4) is 34.4 Å². The van der Waals surface area contributed by atoms with Gasteiger partial charge in [0.15, 0.2) is 0 Å². The molecule has 0 unspecified atom stereocenters. The van der Waals surface area contributed by atoms with E-state index in [0.717, 1.165) is 90.0 Å². The Morgan fingerprint density at radius 3 is 1.50 bits per heavy atom. The number of carbonyl (C=O) groups is 4. The van der Waals surface area contributed by atoms with Gasteiger partial charge in [0.1, 0.15) is 23.7 Å². The van der Waals surface area contributed by atoms with Gasteiger partial charge in [-0.3, -0.25) is 9.59 Å². The predicted molar refractivity (Wildman–Crippen MR) is 249 cm³/mol. The number of nitrogens with one attached hydrogen (secondary N) is 4. The van der Waals surface area contributed by atoms with Crippen LogP contribution >= 0.6 is 0 Å². The summed E-state index contributed by atoms with van der Waals surface area (Å²) in [7, 11) is 1.28. The number of aromatic amines is 2. The molecule has 3 aliphatic rings. The third-order valence-electron chi connectivity index (χ3n) is 12.8. The topological polar surface area (TPSA) is 169 Å². The fourth-order valence-electron chi connectivity index (χ4n) is 9.23. The largest absolute Gasteiger partial charge is 0.453 e. The lowest BCUT2D eigenvalue weighted by atomic mass is 10.0. The number of hydrogen-bond acceptors (Lipinski definition) is 7. The van der Waals surface area contributed by atoms with Gasteiger partial charge in [0, 0.05) is 37.3 Å². The molecular weight excluding hydrogens is 831 g/mol. The van der Waals surface area contributed by atoms with E-state index in [2.05, 4.69) is 37.4 Å². The Bertz CT molecular complexity index is 2700. The highest BCUT2D eigenvalue weighted by molar-refractivity contribution is 5.89. The number of piperidine rings is 1. The second-order valence-corrected chi connectivity index (χ2v) is 17.0. The van der Waals surface area contributed by atoms with Crippen LogP contribution in [0.15, 0.2) is 122 Å². The van der Waals surface area contributed by atoms with E-state index in [4.69, 9.17) is 9.72 Å². The molecule has 6 aromatic rings. The monoisotopic (exact) mass is 883 g/mol. The Morgan fingerprint density at radius 1 is 0.591 bits per heavy atom. The van der Waals surface area contributed by atoms with Crippen LogP contribution in [0.4, 0.5) is 9.59 Å². The maximum atomic E-state index is 14.3. The zero-order valence-electron chi connectivity index (χ0n) is 36.9. The van der Waals surface area contributed by atoms with Crippen LogP contribution in [0.25, 0.3) is 22.5 Å². The van der Waals surface area contributed by atoms with Gasteiger partial charge < -0.3 is 40.0 Å². The van der Waals surface area contributed by atoms with Crippen molar-refractivity contribution in [3.63, 3.8) is 0 Å². The van der Waals surface area contributed by atoms with Gasteiger partial charge in [-0.05, 0) is 91.5 Å². The summed E-state index contributed by atoms with van der Waals surface area (Å²) in [5.74, 6) is 7.61. The number of carbonyl (C=O) groups excluding carboxylic acids is 4. The molecule has 0 radical (unpaired) electrons. The molecule has 3 fully saturated rings. The van der Waals surface area contributed by atoms with Crippen molar-refractivity contribution in [1.82, 2.24) is 45.3 Å². The first-order valence-corrected chi connectivity index (χ1v) is 22.8. The quantitative estimate of drug-likeness (QED) is 0.101. The highest BCUT2D eigenvalue weighted by Crippen LogP contribution is 2.36. The molecule has 9 rings (SSSR count). The van der Waals surface area contributed by atoms with Crippen molar-refractivity contribution in [2.24, 2.45) is 0 Å². The predicted octanol–water partition coefficient (Wildman–Crippen LogP) is 8.23. The zero-order chi connectivity index (χ0) is 45.4. The van der Waals surface area contributed by atoms with Crippen LogP contribution in [0.1, 0.15) is 103 Å². The molecule has 4 atom stereocenters. The van der Waals surface area contributed by atoms with Gasteiger partial charge in [0.05, 0.1) is 43.0 Å². The minimum absolute atomic E-state index is 0.133. The highest BCUT2D eigenvalue weighted by Gasteiger charge is 2.39. The number of benzene rings is 4. The number of ether oxygens (including phenoxy) is 1. The smallest absolute Gasteiger partial charge is 0.407 e. The van der Waals surface area contributed by atoms with Gasteiger partial charge >= 0.3 is 12.1 Å². The van der Waals surface area contributed by atoms with E-state index < -0.39 is 18.2 Å². The molecule has 3 aliphatic heterocycles. The van der Waals surface area contributed by atoms with Gasteiger partial charge in [0.2, 0.25) is 5.91 Å². The number of alkyl carbamates (subject to hydrolysis) is 1. The third kappa shape index (κ3) is 9.70. The van der Waals surface area contributed by atoms with Crippen molar-refractivity contribution in [3.05, 3.63) is 155 Å². The molecule has 0 spiro atoms. The molecule has 66 heavy (non-hydrogen) atoms. The molecule has 14 nitrogen and oxygen atoms in total. The van der Waals surface area contributed by atoms with Crippen LogP contribution in [-0.4, -0.2) is 91.9 Å². The number of urea groups is 1. The molecule has 5 heterocycles. The zero-order valence-corrected chi connectivity index (χ0v) is 36.9. The molecule has 336 valence electrons. The highest BCUT2D eigenvalue weighted by atomic mass is 16.5. The van der Waals surface area contributed by atoms with Crippen LogP contribution in [0.5, 0.6) is 0 Å². The fraction of sp³-hybridized carbons (Fsp3) is 0.308. The molecule has 5 amide bonds. The minimum atomic E-state index is -0.884. The summed E-state index contributed by atoms with van der Waals surface area (Å²) in [5.41, 5.74) is 6.72. The van der Waals surface area contributed by atoms with E-state index in [1.165, 1.54) is 7.11 Å². The van der Waals surface area contributed by atoms with Crippen LogP contribution in [0.2, 0.25) is 0 Å². The molecule has 14 heteroatoms. The summed E-state index contributed by atoms with van der Waals surface area (Å²) >= 11 is 0. The summed E-state index contributed by atoms with van der Waals surface area (Å²) in [4.78, 5) is 75.6. The van der Waals surface area contributed by atoms with E-state index in [1.807, 2.05) is 125 Å². The summed E-state index contributed by atoms with van der Waals surface area (Å²) < 4.78 is 4.83. The lowest BCUT2D eigenvalue weighted by Gasteiger charge is -2.32. The molecule has 0 aliphatic carbocycles. The number of imidazole rings is 2. The molecule has 0 bridgehead atoms. The number of amides is 5. The normalized spacial score (nSPS) is 17.9.